The summed E-state index contributed by atoms with van der Waals surface area (Å²) in [5.41, 5.74) is 3.65. The number of hydrogen-bond donors (Lipinski definition) is 1. The first-order chi connectivity index (χ1) is 13.6. The maximum Gasteiger partial charge on any atom is 0.266 e. The second-order valence-electron chi connectivity index (χ2n) is 6.86. The molecule has 3 heterocycles. The molecule has 8 heteroatoms. The number of carbonyl (C=O) groups is 1. The predicted molar refractivity (Wildman–Crippen MR) is 108 cm³/mol. The summed E-state index contributed by atoms with van der Waals surface area (Å²) in [6.45, 7) is 2.27. The molecule has 7 nitrogen and oxygen atoms in total. The number of aryl methyl sites for hydroxylation is 1. The lowest BCUT2D eigenvalue weighted by Crippen LogP contribution is -2.34. The van der Waals surface area contributed by atoms with E-state index in [2.05, 4.69) is 20.3 Å². The first-order valence-corrected chi connectivity index (χ1v) is 10.0. The van der Waals surface area contributed by atoms with Crippen LogP contribution in [0.25, 0.3) is 0 Å². The maximum absolute atomic E-state index is 12.2. The largest absolute Gasteiger partial charge is 0.326 e. The molecule has 1 amide bonds. The molecule has 0 unspecified atom stereocenters. The summed E-state index contributed by atoms with van der Waals surface area (Å²) in [5.74, 6) is -0.0686. The van der Waals surface area contributed by atoms with Crippen LogP contribution in [0, 0.1) is 0 Å². The van der Waals surface area contributed by atoms with Gasteiger partial charge in [0.05, 0.1) is 17.8 Å². The summed E-state index contributed by atoms with van der Waals surface area (Å²) in [7, 11) is 1.68. The van der Waals surface area contributed by atoms with Crippen molar-refractivity contribution in [1.29, 1.82) is 0 Å². The summed E-state index contributed by atoms with van der Waals surface area (Å²) in [5, 5.41) is 10.0. The van der Waals surface area contributed by atoms with Crippen LogP contribution in [0.4, 0.5) is 5.69 Å². The maximum atomic E-state index is 12.2. The second kappa shape index (κ2) is 8.04. The Hall–Kier alpha value is -2.84. The first kappa shape index (κ1) is 18.5. The van der Waals surface area contributed by atoms with E-state index in [0.29, 0.717) is 13.1 Å². The summed E-state index contributed by atoms with van der Waals surface area (Å²) in [6.07, 6.45) is 1.09. The van der Waals surface area contributed by atoms with Gasteiger partial charge in [0.1, 0.15) is 5.01 Å². The van der Waals surface area contributed by atoms with Crippen LogP contribution >= 0.6 is 11.3 Å². The topological polar surface area (TPSA) is 80.1 Å². The Labute approximate surface area is 166 Å². The molecule has 2 aromatic heterocycles. The minimum atomic E-state index is -0.0824. The standard InChI is InChI=1S/C20H21N5O2S/c1-24-20(27)9-14-11-25(8-7-17(14)23-24)12-16-13-28-19(22-16)10-18(26)21-15-5-3-2-4-6-15/h2-6,9,13H,7-8,10-12H2,1H3,(H,21,26). The molecule has 1 N–H and O–H groups in total. The number of amides is 1. The first-order valence-electron chi connectivity index (χ1n) is 9.13. The Morgan fingerprint density at radius 3 is 2.93 bits per heavy atom. The lowest BCUT2D eigenvalue weighted by atomic mass is 10.1. The van der Waals surface area contributed by atoms with Crippen molar-refractivity contribution in [3.8, 4) is 0 Å². The van der Waals surface area contributed by atoms with Crippen molar-refractivity contribution in [2.45, 2.75) is 25.9 Å². The van der Waals surface area contributed by atoms with Crippen molar-refractivity contribution in [3.63, 3.8) is 0 Å². The van der Waals surface area contributed by atoms with Crippen LogP contribution in [0.5, 0.6) is 0 Å². The van der Waals surface area contributed by atoms with Gasteiger partial charge in [-0.1, -0.05) is 18.2 Å². The molecule has 144 valence electrons. The van der Waals surface area contributed by atoms with Gasteiger partial charge in [-0.05, 0) is 17.7 Å². The van der Waals surface area contributed by atoms with Gasteiger partial charge in [-0.15, -0.1) is 11.3 Å². The van der Waals surface area contributed by atoms with E-state index in [1.165, 1.54) is 16.0 Å². The lowest BCUT2D eigenvalue weighted by Gasteiger charge is -2.27. The van der Waals surface area contributed by atoms with Crippen molar-refractivity contribution >= 4 is 22.9 Å². The summed E-state index contributed by atoms with van der Waals surface area (Å²) in [4.78, 5) is 30.9. The van der Waals surface area contributed by atoms with Crippen LogP contribution in [-0.2, 0) is 37.8 Å². The summed E-state index contributed by atoms with van der Waals surface area (Å²) >= 11 is 1.50. The Kier molecular flexibility index (Phi) is 5.31. The monoisotopic (exact) mass is 395 g/mol. The van der Waals surface area contributed by atoms with E-state index in [9.17, 15) is 9.59 Å². The van der Waals surface area contributed by atoms with Crippen LogP contribution in [0.2, 0.25) is 0 Å². The number of nitrogens with one attached hydrogen (secondary N) is 1. The molecule has 28 heavy (non-hydrogen) atoms. The number of fused-ring (bicyclic) bond motifs is 1. The van der Waals surface area contributed by atoms with Gasteiger partial charge in [0.25, 0.3) is 5.56 Å². The number of rotatable bonds is 5. The highest BCUT2D eigenvalue weighted by molar-refractivity contribution is 7.09. The van der Waals surface area contributed by atoms with E-state index >= 15 is 0 Å². The third-order valence-electron chi connectivity index (χ3n) is 4.67. The Morgan fingerprint density at radius 1 is 1.29 bits per heavy atom. The predicted octanol–water partition coefficient (Wildman–Crippen LogP) is 1.98. The molecule has 0 fully saturated rings. The normalized spacial score (nSPS) is 13.9. The number of carbonyl (C=O) groups excluding carboxylic acids is 1. The molecular formula is C20H21N5O2S. The molecule has 0 aliphatic carbocycles. The number of anilines is 1. The van der Waals surface area contributed by atoms with Crippen LogP contribution in [0.3, 0.4) is 0 Å². The molecule has 0 saturated heterocycles. The highest BCUT2D eigenvalue weighted by atomic mass is 32.1. The minimum Gasteiger partial charge on any atom is -0.326 e. The zero-order valence-electron chi connectivity index (χ0n) is 15.6. The van der Waals surface area contributed by atoms with Gasteiger partial charge < -0.3 is 5.32 Å². The average molecular weight is 395 g/mol. The number of aromatic nitrogens is 3. The highest BCUT2D eigenvalue weighted by Gasteiger charge is 2.20. The summed E-state index contributed by atoms with van der Waals surface area (Å²) < 4.78 is 1.39. The van der Waals surface area contributed by atoms with Crippen molar-refractivity contribution in [1.82, 2.24) is 19.7 Å². The van der Waals surface area contributed by atoms with Gasteiger partial charge in [-0.2, -0.15) is 5.10 Å². The lowest BCUT2D eigenvalue weighted by molar-refractivity contribution is -0.115. The molecule has 1 aromatic carbocycles. The Balaban J connectivity index is 1.35. The fraction of sp³-hybridized carbons (Fsp3) is 0.300. The van der Waals surface area contributed by atoms with Crippen LogP contribution in [0.15, 0.2) is 46.6 Å². The molecule has 3 aromatic rings. The zero-order valence-corrected chi connectivity index (χ0v) is 16.4. The van der Waals surface area contributed by atoms with Crippen molar-refractivity contribution in [2.24, 2.45) is 7.05 Å². The van der Waals surface area contributed by atoms with E-state index < -0.39 is 0 Å². The average Bonchev–Trinajstić information content (AvgIpc) is 3.10. The molecule has 0 atom stereocenters. The van der Waals surface area contributed by atoms with Crippen molar-refractivity contribution < 1.29 is 4.79 Å². The summed E-state index contributed by atoms with van der Waals surface area (Å²) in [6, 6.07) is 11.1. The van der Waals surface area contributed by atoms with Crippen molar-refractivity contribution in [2.75, 3.05) is 11.9 Å². The SMILES string of the molecule is Cn1nc2c(cc1=O)CN(Cc1csc(CC(=O)Nc3ccccc3)n1)CC2. The molecule has 4 rings (SSSR count). The fourth-order valence-electron chi connectivity index (χ4n) is 3.28. The molecule has 0 saturated carbocycles. The third kappa shape index (κ3) is 4.35. The van der Waals surface area contributed by atoms with Gasteiger partial charge in [0.15, 0.2) is 0 Å². The minimum absolute atomic E-state index is 0.0686. The molecule has 1 aliphatic heterocycles. The van der Waals surface area contributed by atoms with Gasteiger partial charge in [-0.25, -0.2) is 9.67 Å². The van der Waals surface area contributed by atoms with E-state index in [1.807, 2.05) is 35.7 Å². The molecular weight excluding hydrogens is 374 g/mol. The van der Waals surface area contributed by atoms with E-state index in [-0.39, 0.29) is 17.9 Å². The fourth-order valence-corrected chi connectivity index (χ4v) is 4.07. The third-order valence-corrected chi connectivity index (χ3v) is 5.57. The molecule has 0 radical (unpaired) electrons. The van der Waals surface area contributed by atoms with Gasteiger partial charge >= 0.3 is 0 Å². The van der Waals surface area contributed by atoms with E-state index in [4.69, 9.17) is 0 Å². The Bertz CT molecular complexity index is 1040. The van der Waals surface area contributed by atoms with Crippen LogP contribution < -0.4 is 10.9 Å². The Morgan fingerprint density at radius 2 is 2.11 bits per heavy atom. The number of benzene rings is 1. The van der Waals surface area contributed by atoms with Crippen LogP contribution in [0.1, 0.15) is 22.0 Å². The molecule has 1 aliphatic rings. The van der Waals surface area contributed by atoms with Crippen LogP contribution in [-0.4, -0.2) is 32.1 Å². The number of hydrogen-bond acceptors (Lipinski definition) is 6. The second-order valence-corrected chi connectivity index (χ2v) is 7.80. The number of nitrogens with zero attached hydrogens (tertiary/aromatic N) is 4. The van der Waals surface area contributed by atoms with Gasteiger partial charge in [-0.3, -0.25) is 14.5 Å². The van der Waals surface area contributed by atoms with Gasteiger partial charge in [0, 0.05) is 50.2 Å². The van der Waals surface area contributed by atoms with E-state index in [1.54, 1.807) is 13.1 Å². The molecule has 0 spiro atoms. The quantitative estimate of drug-likeness (QED) is 0.715. The zero-order chi connectivity index (χ0) is 19.5. The van der Waals surface area contributed by atoms with Crippen molar-refractivity contribution in [3.05, 3.63) is 74.1 Å². The number of thiazole rings is 1. The molecule has 0 bridgehead atoms. The highest BCUT2D eigenvalue weighted by Crippen LogP contribution is 2.19. The van der Waals surface area contributed by atoms with E-state index in [0.717, 1.165) is 40.6 Å². The number of para-hydroxylation sites is 1. The van der Waals surface area contributed by atoms with Gasteiger partial charge in [0.2, 0.25) is 5.91 Å². The smallest absolute Gasteiger partial charge is 0.266 e.